The van der Waals surface area contributed by atoms with E-state index in [1.807, 2.05) is 22.6 Å². The molecule has 11 heteroatoms. The maximum atomic E-state index is 14.8. The predicted octanol–water partition coefficient (Wildman–Crippen LogP) is 3.67. The summed E-state index contributed by atoms with van der Waals surface area (Å²) in [4.78, 5) is 14.4. The maximum absolute atomic E-state index is 14.8. The third-order valence-corrected chi connectivity index (χ3v) is 8.17. The molecule has 0 radical (unpaired) electrons. The van der Waals surface area contributed by atoms with Crippen molar-refractivity contribution < 1.29 is 28.2 Å². The van der Waals surface area contributed by atoms with E-state index in [1.165, 1.54) is 23.1 Å². The van der Waals surface area contributed by atoms with Crippen LogP contribution in [0.15, 0.2) is 30.3 Å². The van der Waals surface area contributed by atoms with Crippen LogP contribution in [-0.2, 0) is 4.79 Å². The van der Waals surface area contributed by atoms with Gasteiger partial charge in [0.2, 0.25) is 5.91 Å². The number of halogens is 4. The number of rotatable bonds is 9. The lowest BCUT2D eigenvalue weighted by Crippen LogP contribution is -2.69. The molecule has 0 spiro atoms. The van der Waals surface area contributed by atoms with Crippen molar-refractivity contribution in [2.45, 2.75) is 61.9 Å². The SMILES string of the molecule is O=C(NC1CC1)C1(NCC2(O)CN(C(O)c3ccc(F)c(F)c3Nc3ccc(I)cc3F)C2)CCCC1. The van der Waals surface area contributed by atoms with Crippen molar-refractivity contribution in [2.24, 2.45) is 0 Å². The third kappa shape index (κ3) is 5.60. The smallest absolute Gasteiger partial charge is 0.240 e. The normalized spacial score (nSPS) is 21.4. The van der Waals surface area contributed by atoms with Crippen LogP contribution >= 0.6 is 22.6 Å². The summed E-state index contributed by atoms with van der Waals surface area (Å²) in [5.74, 6) is -3.04. The molecule has 1 atom stereocenters. The number of carbonyl (C=O) groups excluding carboxylic acids is 1. The quantitative estimate of drug-likeness (QED) is 0.272. The summed E-state index contributed by atoms with van der Waals surface area (Å²) in [7, 11) is 0. The molecule has 7 nitrogen and oxygen atoms in total. The standard InChI is InChI=1S/C26H30F3IN4O3/c27-18-7-6-17(22(21(18)29)33-20-8-3-15(30)11-19(20)28)23(35)34-13-25(37,14-34)12-31-26(9-1-2-10-26)24(36)32-16-4-5-16/h3,6-8,11,16,23,31,33,35,37H,1-2,4-5,9-10,12-14H2,(H,32,36). The first-order chi connectivity index (χ1) is 17.6. The molecule has 1 heterocycles. The number of likely N-dealkylation sites (tertiary alicyclic amines) is 1. The van der Waals surface area contributed by atoms with Crippen molar-refractivity contribution in [3.8, 4) is 0 Å². The van der Waals surface area contributed by atoms with Gasteiger partial charge in [0, 0.05) is 34.8 Å². The van der Waals surface area contributed by atoms with Crippen molar-refractivity contribution in [1.29, 1.82) is 0 Å². The summed E-state index contributed by atoms with van der Waals surface area (Å²) >= 11 is 1.94. The van der Waals surface area contributed by atoms with Crippen LogP contribution in [-0.4, -0.2) is 57.8 Å². The monoisotopic (exact) mass is 630 g/mol. The molecule has 1 aliphatic heterocycles. The first-order valence-corrected chi connectivity index (χ1v) is 13.6. The summed E-state index contributed by atoms with van der Waals surface area (Å²) in [6.07, 6.45) is 3.89. The van der Waals surface area contributed by atoms with Gasteiger partial charge in [0.15, 0.2) is 11.6 Å². The molecule has 1 saturated heterocycles. The molecule has 2 aromatic rings. The number of nitrogens with one attached hydrogen (secondary N) is 3. The molecule has 0 bridgehead atoms. The first-order valence-electron chi connectivity index (χ1n) is 12.5. The zero-order chi connectivity index (χ0) is 26.4. The third-order valence-electron chi connectivity index (χ3n) is 7.50. The van der Waals surface area contributed by atoms with Crippen LogP contribution in [0, 0.1) is 21.0 Å². The second-order valence-electron chi connectivity index (χ2n) is 10.5. The summed E-state index contributed by atoms with van der Waals surface area (Å²) in [6.45, 7) is 0.265. The zero-order valence-electron chi connectivity index (χ0n) is 20.2. The fourth-order valence-electron chi connectivity index (χ4n) is 5.17. The van der Waals surface area contributed by atoms with Crippen LogP contribution in [0.3, 0.4) is 0 Å². The average Bonchev–Trinajstić information content (AvgIpc) is 3.52. The molecular formula is C26H30F3IN4O3. The zero-order valence-corrected chi connectivity index (χ0v) is 22.3. The fourth-order valence-corrected chi connectivity index (χ4v) is 5.63. The predicted molar refractivity (Wildman–Crippen MR) is 141 cm³/mol. The Morgan fingerprint density at radius 3 is 2.46 bits per heavy atom. The Morgan fingerprint density at radius 1 is 1.11 bits per heavy atom. The summed E-state index contributed by atoms with van der Waals surface area (Å²) in [6, 6.07) is 6.66. The van der Waals surface area contributed by atoms with Gasteiger partial charge in [0.25, 0.3) is 0 Å². The highest BCUT2D eigenvalue weighted by Gasteiger charge is 2.49. The molecule has 5 rings (SSSR count). The lowest BCUT2D eigenvalue weighted by Gasteiger charge is -2.50. The number of aliphatic hydroxyl groups excluding tert-OH is 1. The topological polar surface area (TPSA) is 96.9 Å². The van der Waals surface area contributed by atoms with Crippen LogP contribution in [0.5, 0.6) is 0 Å². The molecular weight excluding hydrogens is 600 g/mol. The maximum Gasteiger partial charge on any atom is 0.240 e. The van der Waals surface area contributed by atoms with Gasteiger partial charge in [0.1, 0.15) is 17.6 Å². The Labute approximate surface area is 226 Å². The minimum absolute atomic E-state index is 0.0166. The molecule has 1 unspecified atom stereocenters. The summed E-state index contributed by atoms with van der Waals surface area (Å²) < 4.78 is 43.9. The number of nitrogens with zero attached hydrogens (tertiary/aromatic N) is 1. The highest BCUT2D eigenvalue weighted by molar-refractivity contribution is 14.1. The van der Waals surface area contributed by atoms with E-state index in [4.69, 9.17) is 0 Å². The van der Waals surface area contributed by atoms with E-state index in [0.29, 0.717) is 16.4 Å². The Hall–Kier alpha value is -1.93. The molecule has 3 aliphatic rings. The van der Waals surface area contributed by atoms with Gasteiger partial charge < -0.3 is 26.2 Å². The molecule has 2 aliphatic carbocycles. The average molecular weight is 630 g/mol. The van der Waals surface area contributed by atoms with E-state index in [-0.39, 0.29) is 48.5 Å². The molecule has 1 amide bonds. The number of carbonyl (C=O) groups is 1. The molecule has 37 heavy (non-hydrogen) atoms. The highest BCUT2D eigenvalue weighted by Crippen LogP contribution is 2.38. The van der Waals surface area contributed by atoms with Gasteiger partial charge in [-0.05, 0) is 78.6 Å². The van der Waals surface area contributed by atoms with E-state index in [0.717, 1.165) is 31.7 Å². The highest BCUT2D eigenvalue weighted by atomic mass is 127. The van der Waals surface area contributed by atoms with Crippen molar-refractivity contribution >= 4 is 39.9 Å². The summed E-state index contributed by atoms with van der Waals surface area (Å²) in [5, 5.41) is 31.0. The van der Waals surface area contributed by atoms with E-state index in [9.17, 15) is 28.2 Å². The number of benzene rings is 2. The number of aliphatic hydroxyl groups is 2. The van der Waals surface area contributed by atoms with Crippen LogP contribution in [0.25, 0.3) is 0 Å². The second kappa shape index (κ2) is 10.3. The van der Waals surface area contributed by atoms with Gasteiger partial charge in [-0.15, -0.1) is 0 Å². The molecule has 5 N–H and O–H groups in total. The second-order valence-corrected chi connectivity index (χ2v) is 11.7. The minimum Gasteiger partial charge on any atom is -0.386 e. The van der Waals surface area contributed by atoms with Gasteiger partial charge in [0.05, 0.1) is 16.9 Å². The van der Waals surface area contributed by atoms with Crippen molar-refractivity contribution in [1.82, 2.24) is 15.5 Å². The molecule has 0 aromatic heterocycles. The van der Waals surface area contributed by atoms with E-state index >= 15 is 0 Å². The van der Waals surface area contributed by atoms with E-state index < -0.39 is 34.8 Å². The van der Waals surface area contributed by atoms with Crippen molar-refractivity contribution in [3.05, 3.63) is 56.9 Å². The van der Waals surface area contributed by atoms with Gasteiger partial charge in [-0.1, -0.05) is 12.8 Å². The lowest BCUT2D eigenvalue weighted by atomic mass is 9.89. The largest absolute Gasteiger partial charge is 0.386 e. The minimum atomic E-state index is -1.37. The van der Waals surface area contributed by atoms with E-state index in [2.05, 4.69) is 16.0 Å². The number of amides is 1. The Kier molecular flexibility index (Phi) is 7.44. The first kappa shape index (κ1) is 26.7. The van der Waals surface area contributed by atoms with E-state index in [1.54, 1.807) is 6.07 Å². The fraction of sp³-hybridized carbons (Fsp3) is 0.500. The molecule has 3 fully saturated rings. The number of anilines is 2. The Morgan fingerprint density at radius 2 is 1.81 bits per heavy atom. The number of hydrogen-bond donors (Lipinski definition) is 5. The number of β-amino-alcohol motifs (C(OH)–C–C–N with tert-alkyl or cyclic N) is 1. The van der Waals surface area contributed by atoms with Gasteiger partial charge >= 0.3 is 0 Å². The van der Waals surface area contributed by atoms with Crippen molar-refractivity contribution in [3.63, 3.8) is 0 Å². The van der Waals surface area contributed by atoms with Crippen LogP contribution in [0.1, 0.15) is 50.3 Å². The van der Waals surface area contributed by atoms with Gasteiger partial charge in [-0.25, -0.2) is 13.2 Å². The molecule has 2 aromatic carbocycles. The Balaban J connectivity index is 1.26. The molecule has 200 valence electrons. The van der Waals surface area contributed by atoms with Crippen LogP contribution in [0.2, 0.25) is 0 Å². The van der Waals surface area contributed by atoms with Crippen LogP contribution in [0.4, 0.5) is 24.5 Å². The molecule has 2 saturated carbocycles. The number of hydrogen-bond acceptors (Lipinski definition) is 6. The summed E-state index contributed by atoms with van der Waals surface area (Å²) in [5.41, 5.74) is -2.32. The van der Waals surface area contributed by atoms with Gasteiger partial charge in [-0.3, -0.25) is 9.69 Å². The van der Waals surface area contributed by atoms with Crippen LogP contribution < -0.4 is 16.0 Å². The van der Waals surface area contributed by atoms with Gasteiger partial charge in [-0.2, -0.15) is 0 Å². The van der Waals surface area contributed by atoms with Crippen molar-refractivity contribution in [2.75, 3.05) is 25.0 Å². The lowest BCUT2D eigenvalue weighted by molar-refractivity contribution is -0.162. The Bertz CT molecular complexity index is 1180.